The molecule has 0 aromatic rings. The first kappa shape index (κ1) is 43.2. The number of carbonyl (C=O) groups excluding carboxylic acids is 6. The lowest BCUT2D eigenvalue weighted by Gasteiger charge is -2.27. The van der Waals surface area contributed by atoms with Gasteiger partial charge in [-0.3, -0.25) is 38.4 Å². The maximum Gasteiger partial charge on any atom is 0.326 e. The molecule has 0 saturated carbocycles. The van der Waals surface area contributed by atoms with Gasteiger partial charge in [-0.1, -0.05) is 13.8 Å². The van der Waals surface area contributed by atoms with Gasteiger partial charge in [0.25, 0.3) is 0 Å². The minimum absolute atomic E-state index is 0.0510. The van der Waals surface area contributed by atoms with Crippen LogP contribution in [0.3, 0.4) is 0 Å². The van der Waals surface area contributed by atoms with Crippen LogP contribution in [0.4, 0.5) is 0 Å². The van der Waals surface area contributed by atoms with E-state index in [1.165, 1.54) is 11.8 Å². The van der Waals surface area contributed by atoms with E-state index in [1.54, 1.807) is 13.8 Å². The number of carboxylic acid groups (broad SMARTS) is 3. The van der Waals surface area contributed by atoms with Gasteiger partial charge in [0.15, 0.2) is 0 Å². The highest BCUT2D eigenvalue weighted by Crippen LogP contribution is 2.19. The molecule has 1 saturated heterocycles. The summed E-state index contributed by atoms with van der Waals surface area (Å²) in [6.07, 6.45) is -2.15. The van der Waals surface area contributed by atoms with Crippen LogP contribution in [0, 0.1) is 5.92 Å². The standard InChI is InChI=1S/C30H49N7O13/c1-14(2)12-19(26(45)36-24(16(4)38)28(47)34-18(30(49)50)8-10-23(42)43)35-25(44)15(3)33-21(39)13-32-27(46)20-6-5-11-37(20)29(48)17(31)7-9-22(40)41/h14-20,24,38H,5-13,31H2,1-4H3,(H,32,46)(H,33,39)(H,34,47)(H,35,44)(H,36,45)(H,40,41)(H,42,43)(H,49,50)/t15-,16+,17-,18-,19-,20-,24-/m0/s1. The van der Waals surface area contributed by atoms with Crippen LogP contribution >= 0.6 is 0 Å². The summed E-state index contributed by atoms with van der Waals surface area (Å²) in [6.45, 7) is 5.60. The molecule has 0 aromatic heterocycles. The van der Waals surface area contributed by atoms with E-state index in [-0.39, 0.29) is 31.7 Å². The highest BCUT2D eigenvalue weighted by Gasteiger charge is 2.37. The maximum atomic E-state index is 13.2. The number of nitrogens with zero attached hydrogens (tertiary/aromatic N) is 1. The quantitative estimate of drug-likeness (QED) is 0.0555. The lowest BCUT2D eigenvalue weighted by Crippen LogP contribution is -2.60. The summed E-state index contributed by atoms with van der Waals surface area (Å²) in [5.74, 6) is -8.94. The molecule has 7 atom stereocenters. The van der Waals surface area contributed by atoms with Gasteiger partial charge >= 0.3 is 17.9 Å². The molecule has 0 aromatic carbocycles. The third-order valence-electron chi connectivity index (χ3n) is 7.68. The molecule has 0 bridgehead atoms. The van der Waals surface area contributed by atoms with Gasteiger partial charge in [-0.05, 0) is 51.9 Å². The van der Waals surface area contributed by atoms with Crippen molar-refractivity contribution in [1.82, 2.24) is 31.5 Å². The molecule has 1 aliphatic heterocycles. The summed E-state index contributed by atoms with van der Waals surface area (Å²) in [7, 11) is 0. The van der Waals surface area contributed by atoms with Crippen molar-refractivity contribution in [3.63, 3.8) is 0 Å². The van der Waals surface area contributed by atoms with Crippen LogP contribution in [-0.4, -0.2) is 134 Å². The number of carbonyl (C=O) groups is 9. The number of carboxylic acids is 3. The van der Waals surface area contributed by atoms with E-state index in [1.807, 2.05) is 0 Å². The van der Waals surface area contributed by atoms with E-state index < -0.39 is 115 Å². The van der Waals surface area contributed by atoms with Crippen LogP contribution < -0.4 is 32.3 Å². The van der Waals surface area contributed by atoms with Crippen molar-refractivity contribution in [1.29, 1.82) is 0 Å². The van der Waals surface area contributed by atoms with Crippen molar-refractivity contribution in [3.05, 3.63) is 0 Å². The number of likely N-dealkylation sites (tertiary alicyclic amines) is 1. The van der Waals surface area contributed by atoms with Gasteiger partial charge in [-0.25, -0.2) is 4.79 Å². The summed E-state index contributed by atoms with van der Waals surface area (Å²) in [4.78, 5) is 111. The van der Waals surface area contributed by atoms with E-state index in [0.717, 1.165) is 6.92 Å². The highest BCUT2D eigenvalue weighted by molar-refractivity contribution is 5.96. The lowest BCUT2D eigenvalue weighted by atomic mass is 10.0. The lowest BCUT2D eigenvalue weighted by molar-refractivity contribution is -0.144. The maximum absolute atomic E-state index is 13.2. The molecule has 1 aliphatic rings. The summed E-state index contributed by atoms with van der Waals surface area (Å²) in [5.41, 5.74) is 5.81. The highest BCUT2D eigenvalue weighted by atomic mass is 16.4. The number of aliphatic hydroxyl groups excluding tert-OH is 1. The average Bonchev–Trinajstić information content (AvgIpc) is 3.51. The first-order valence-corrected chi connectivity index (χ1v) is 16.1. The molecule has 0 radical (unpaired) electrons. The van der Waals surface area contributed by atoms with E-state index >= 15 is 0 Å². The number of rotatable bonds is 21. The molecule has 6 amide bonds. The smallest absolute Gasteiger partial charge is 0.326 e. The molecule has 282 valence electrons. The Hall–Kier alpha value is -4.85. The Kier molecular flexibility index (Phi) is 17.8. The fourth-order valence-corrected chi connectivity index (χ4v) is 5.01. The van der Waals surface area contributed by atoms with Crippen LogP contribution in [0.2, 0.25) is 0 Å². The Labute approximate surface area is 288 Å². The molecule has 50 heavy (non-hydrogen) atoms. The van der Waals surface area contributed by atoms with E-state index in [0.29, 0.717) is 12.8 Å². The largest absolute Gasteiger partial charge is 0.481 e. The number of nitrogens with one attached hydrogen (secondary N) is 5. The number of hydrogen-bond donors (Lipinski definition) is 10. The Balaban J connectivity index is 2.81. The van der Waals surface area contributed by atoms with Gasteiger partial charge in [0.05, 0.1) is 18.7 Å². The van der Waals surface area contributed by atoms with Gasteiger partial charge in [0.1, 0.15) is 30.2 Å². The van der Waals surface area contributed by atoms with Crippen molar-refractivity contribution < 1.29 is 63.6 Å². The molecule has 20 nitrogen and oxygen atoms in total. The van der Waals surface area contributed by atoms with Gasteiger partial charge < -0.3 is 57.6 Å². The zero-order valence-electron chi connectivity index (χ0n) is 28.5. The Morgan fingerprint density at radius 2 is 1.36 bits per heavy atom. The van der Waals surface area contributed by atoms with Crippen LogP contribution in [0.5, 0.6) is 0 Å². The van der Waals surface area contributed by atoms with E-state index in [2.05, 4.69) is 26.6 Å². The predicted octanol–water partition coefficient (Wildman–Crippen LogP) is -3.38. The van der Waals surface area contributed by atoms with Crippen molar-refractivity contribution in [3.8, 4) is 0 Å². The number of aliphatic hydroxyl groups is 1. The van der Waals surface area contributed by atoms with Crippen LogP contribution in [0.25, 0.3) is 0 Å². The third kappa shape index (κ3) is 14.7. The molecule has 0 unspecified atom stereocenters. The Morgan fingerprint density at radius 3 is 1.90 bits per heavy atom. The predicted molar refractivity (Wildman–Crippen MR) is 172 cm³/mol. The van der Waals surface area contributed by atoms with E-state index in [4.69, 9.17) is 15.9 Å². The molecule has 20 heteroatoms. The fourth-order valence-electron chi connectivity index (χ4n) is 5.01. The molecule has 0 spiro atoms. The summed E-state index contributed by atoms with van der Waals surface area (Å²) in [5, 5.41) is 48.8. The summed E-state index contributed by atoms with van der Waals surface area (Å²) in [6, 6.07) is -7.82. The second-order valence-electron chi connectivity index (χ2n) is 12.5. The van der Waals surface area contributed by atoms with Gasteiger partial charge in [-0.15, -0.1) is 0 Å². The van der Waals surface area contributed by atoms with Crippen LogP contribution in [0.1, 0.15) is 72.6 Å². The fraction of sp³-hybridized carbons (Fsp3) is 0.700. The van der Waals surface area contributed by atoms with Crippen molar-refractivity contribution in [2.45, 2.75) is 115 Å². The van der Waals surface area contributed by atoms with Crippen LogP contribution in [0.15, 0.2) is 0 Å². The number of amides is 6. The topological polar surface area (TPSA) is 324 Å². The number of nitrogens with two attached hydrogens (primary N) is 1. The number of aliphatic carboxylic acids is 3. The average molecular weight is 716 g/mol. The third-order valence-corrected chi connectivity index (χ3v) is 7.68. The molecule has 1 heterocycles. The second-order valence-corrected chi connectivity index (χ2v) is 12.5. The SMILES string of the molecule is CC(C)C[C@H](NC(=O)[C@H](C)NC(=O)CNC(=O)[C@@H]1CCCN1C(=O)[C@@H](N)CCC(=O)O)C(=O)N[C@H](C(=O)N[C@@H](CCC(=O)O)C(=O)O)[C@@H](C)O. The zero-order valence-corrected chi connectivity index (χ0v) is 28.5. The van der Waals surface area contributed by atoms with Crippen molar-refractivity contribution in [2.24, 2.45) is 11.7 Å². The summed E-state index contributed by atoms with van der Waals surface area (Å²) >= 11 is 0. The molecular weight excluding hydrogens is 666 g/mol. The molecule has 1 rings (SSSR count). The van der Waals surface area contributed by atoms with Crippen molar-refractivity contribution in [2.75, 3.05) is 13.1 Å². The minimum Gasteiger partial charge on any atom is -0.481 e. The van der Waals surface area contributed by atoms with Gasteiger partial charge in [0, 0.05) is 19.4 Å². The molecule has 11 N–H and O–H groups in total. The van der Waals surface area contributed by atoms with Gasteiger partial charge in [-0.2, -0.15) is 0 Å². The molecular formula is C30H49N7O13. The normalized spacial score (nSPS) is 17.7. The number of hydrogen-bond acceptors (Lipinski definition) is 11. The molecule has 1 fully saturated rings. The first-order valence-electron chi connectivity index (χ1n) is 16.1. The van der Waals surface area contributed by atoms with Crippen molar-refractivity contribution >= 4 is 53.4 Å². The zero-order chi connectivity index (χ0) is 38.3. The Morgan fingerprint density at radius 1 is 0.780 bits per heavy atom. The van der Waals surface area contributed by atoms with Gasteiger partial charge in [0.2, 0.25) is 35.4 Å². The minimum atomic E-state index is -1.67. The van der Waals surface area contributed by atoms with E-state index in [9.17, 15) is 53.4 Å². The molecule has 0 aliphatic carbocycles. The summed E-state index contributed by atoms with van der Waals surface area (Å²) < 4.78 is 0. The monoisotopic (exact) mass is 715 g/mol. The second kappa shape index (κ2) is 20.6. The first-order chi connectivity index (χ1) is 23.2. The Bertz CT molecular complexity index is 1280. The van der Waals surface area contributed by atoms with Crippen LogP contribution in [-0.2, 0) is 43.2 Å².